The first kappa shape index (κ1) is 21.9. The number of alkyl halides is 3. The highest BCUT2D eigenvalue weighted by molar-refractivity contribution is 7.91. The molecule has 4 aromatic heterocycles. The maximum absolute atomic E-state index is 13.2. The number of rotatable bonds is 5. The predicted octanol–water partition coefficient (Wildman–Crippen LogP) is 4.45. The average Bonchev–Trinajstić information content (AvgIpc) is 3.52. The Hall–Kier alpha value is -2.92. The third-order valence-electron chi connectivity index (χ3n) is 5.81. The van der Waals surface area contributed by atoms with Gasteiger partial charge in [-0.1, -0.05) is 0 Å². The van der Waals surface area contributed by atoms with Gasteiger partial charge in [-0.05, 0) is 38.0 Å². The van der Waals surface area contributed by atoms with Crippen LogP contribution in [0.25, 0.3) is 34.1 Å². The minimum absolute atomic E-state index is 0.0956. The van der Waals surface area contributed by atoms with E-state index in [1.54, 1.807) is 36.4 Å². The Morgan fingerprint density at radius 2 is 1.82 bits per heavy atom. The molecular weight excluding hydrogens is 453 g/mol. The topological polar surface area (TPSA) is 84.5 Å². The van der Waals surface area contributed by atoms with E-state index in [2.05, 4.69) is 15.0 Å². The zero-order valence-corrected chi connectivity index (χ0v) is 19.0. The van der Waals surface area contributed by atoms with Crippen LogP contribution < -0.4 is 0 Å². The van der Waals surface area contributed by atoms with E-state index in [4.69, 9.17) is 4.98 Å². The molecule has 1 fully saturated rings. The van der Waals surface area contributed by atoms with E-state index in [0.29, 0.717) is 34.0 Å². The molecule has 1 aliphatic rings. The SMILES string of the molecule is CC[S+]([O-])c1c(-c2nc3cc(C(F)(F)F)cnc3n2C)nc(-c2ccc(C3CC3)nc2)n1C. The summed E-state index contributed by atoms with van der Waals surface area (Å²) in [5.74, 6) is 1.74. The molecule has 11 heteroatoms. The molecule has 5 rings (SSSR count). The molecule has 0 bridgehead atoms. The molecule has 4 heterocycles. The molecule has 0 amide bonds. The van der Waals surface area contributed by atoms with Crippen LogP contribution in [0.3, 0.4) is 0 Å². The van der Waals surface area contributed by atoms with Crippen molar-refractivity contribution in [2.24, 2.45) is 14.1 Å². The van der Waals surface area contributed by atoms with E-state index in [1.165, 1.54) is 0 Å². The van der Waals surface area contributed by atoms with Gasteiger partial charge in [0, 0.05) is 54.8 Å². The molecule has 1 aliphatic carbocycles. The Morgan fingerprint density at radius 3 is 2.42 bits per heavy atom. The zero-order valence-electron chi connectivity index (χ0n) is 18.2. The standard InChI is InChI=1S/C22H21F3N6OS/c1-4-33(32)21-17(20-28-16-9-14(22(23,24)25)11-27-19(16)30(20)2)29-18(31(21)3)13-7-8-15(26-10-13)12-5-6-12/h7-12H,4-6H2,1-3H3. The number of imidazole rings is 2. The normalized spacial score (nSPS) is 15.4. The van der Waals surface area contributed by atoms with Gasteiger partial charge in [-0.2, -0.15) is 13.2 Å². The number of halogens is 3. The highest BCUT2D eigenvalue weighted by Crippen LogP contribution is 2.39. The third-order valence-corrected chi connectivity index (χ3v) is 7.23. The minimum Gasteiger partial charge on any atom is -0.610 e. The molecule has 0 spiro atoms. The summed E-state index contributed by atoms with van der Waals surface area (Å²) in [5.41, 5.74) is 1.67. The molecule has 0 radical (unpaired) electrons. The molecular formula is C22H21F3N6OS. The van der Waals surface area contributed by atoms with Gasteiger partial charge in [0.1, 0.15) is 17.1 Å². The summed E-state index contributed by atoms with van der Waals surface area (Å²) < 4.78 is 55.7. The number of nitrogens with zero attached hydrogens (tertiary/aromatic N) is 6. The fourth-order valence-electron chi connectivity index (χ4n) is 3.89. The van der Waals surface area contributed by atoms with Crippen LogP contribution in [0.1, 0.15) is 36.9 Å². The molecule has 0 aromatic carbocycles. The Morgan fingerprint density at radius 1 is 1.06 bits per heavy atom. The first-order valence-corrected chi connectivity index (χ1v) is 11.8. The van der Waals surface area contributed by atoms with Crippen molar-refractivity contribution in [3.8, 4) is 22.9 Å². The lowest BCUT2D eigenvalue weighted by atomic mass is 10.2. The second kappa shape index (κ2) is 7.84. The fourth-order valence-corrected chi connectivity index (χ4v) is 4.90. The van der Waals surface area contributed by atoms with Crippen molar-refractivity contribution >= 4 is 22.3 Å². The van der Waals surface area contributed by atoms with E-state index >= 15 is 0 Å². The van der Waals surface area contributed by atoms with Gasteiger partial charge < -0.3 is 9.12 Å². The van der Waals surface area contributed by atoms with Gasteiger partial charge in [0.05, 0.1) is 5.56 Å². The van der Waals surface area contributed by atoms with Crippen LogP contribution in [0, 0.1) is 0 Å². The summed E-state index contributed by atoms with van der Waals surface area (Å²) in [6.45, 7) is 1.80. The van der Waals surface area contributed by atoms with Gasteiger partial charge >= 0.3 is 6.18 Å². The molecule has 0 saturated heterocycles. The van der Waals surface area contributed by atoms with E-state index < -0.39 is 22.9 Å². The number of hydrogen-bond acceptors (Lipinski definition) is 5. The maximum atomic E-state index is 13.2. The van der Waals surface area contributed by atoms with Crippen LogP contribution in [0.5, 0.6) is 0 Å². The molecule has 0 aliphatic heterocycles. The lowest BCUT2D eigenvalue weighted by Crippen LogP contribution is -2.11. The summed E-state index contributed by atoms with van der Waals surface area (Å²) in [7, 11) is 3.43. The molecule has 1 saturated carbocycles. The predicted molar refractivity (Wildman–Crippen MR) is 118 cm³/mol. The second-order valence-electron chi connectivity index (χ2n) is 8.09. The number of hydrogen-bond donors (Lipinski definition) is 0. The first-order chi connectivity index (χ1) is 15.7. The molecule has 172 valence electrons. The van der Waals surface area contributed by atoms with Crippen LogP contribution >= 0.6 is 0 Å². The first-order valence-electron chi connectivity index (χ1n) is 10.5. The van der Waals surface area contributed by atoms with E-state index in [-0.39, 0.29) is 11.2 Å². The average molecular weight is 475 g/mol. The van der Waals surface area contributed by atoms with Crippen LogP contribution in [-0.2, 0) is 31.4 Å². The number of aromatic nitrogens is 6. The van der Waals surface area contributed by atoms with Crippen LogP contribution in [0.2, 0.25) is 0 Å². The Balaban J connectivity index is 1.66. The second-order valence-corrected chi connectivity index (χ2v) is 9.74. The van der Waals surface area contributed by atoms with Crippen LogP contribution in [-0.4, -0.2) is 39.4 Å². The Bertz CT molecular complexity index is 1340. The van der Waals surface area contributed by atoms with Crippen molar-refractivity contribution in [2.75, 3.05) is 5.75 Å². The molecule has 33 heavy (non-hydrogen) atoms. The maximum Gasteiger partial charge on any atom is 0.417 e. The summed E-state index contributed by atoms with van der Waals surface area (Å²) in [5, 5.41) is 0.452. The van der Waals surface area contributed by atoms with E-state index in [9.17, 15) is 17.7 Å². The van der Waals surface area contributed by atoms with Crippen LogP contribution in [0.15, 0.2) is 35.6 Å². The van der Waals surface area contributed by atoms with Crippen molar-refractivity contribution in [3.05, 3.63) is 41.9 Å². The van der Waals surface area contributed by atoms with Gasteiger partial charge in [0.2, 0.25) is 0 Å². The molecule has 4 aromatic rings. The number of aryl methyl sites for hydroxylation is 1. The Kier molecular flexibility index (Phi) is 5.20. The third kappa shape index (κ3) is 3.78. The molecule has 0 N–H and O–H groups in total. The summed E-state index contributed by atoms with van der Waals surface area (Å²) in [4.78, 5) is 17.7. The van der Waals surface area contributed by atoms with Crippen molar-refractivity contribution in [1.29, 1.82) is 0 Å². The quantitative estimate of drug-likeness (QED) is 0.399. The van der Waals surface area contributed by atoms with Gasteiger partial charge in [0.15, 0.2) is 17.2 Å². The summed E-state index contributed by atoms with van der Waals surface area (Å²) >= 11 is -1.39. The zero-order chi connectivity index (χ0) is 23.5. The fraction of sp³-hybridized carbons (Fsp3) is 0.364. The van der Waals surface area contributed by atoms with Gasteiger partial charge in [0.25, 0.3) is 5.03 Å². The largest absolute Gasteiger partial charge is 0.610 e. The number of pyridine rings is 2. The van der Waals surface area contributed by atoms with Crippen LogP contribution in [0.4, 0.5) is 13.2 Å². The molecule has 1 atom stereocenters. The van der Waals surface area contributed by atoms with Crippen molar-refractivity contribution < 1.29 is 17.7 Å². The van der Waals surface area contributed by atoms with Gasteiger partial charge in [-0.3, -0.25) is 9.55 Å². The van der Waals surface area contributed by atoms with E-state index in [1.807, 2.05) is 12.1 Å². The monoisotopic (exact) mass is 474 g/mol. The van der Waals surface area contributed by atoms with Crippen molar-refractivity contribution in [2.45, 2.75) is 36.9 Å². The van der Waals surface area contributed by atoms with Gasteiger partial charge in [-0.15, -0.1) is 0 Å². The highest BCUT2D eigenvalue weighted by Gasteiger charge is 2.33. The van der Waals surface area contributed by atoms with Crippen molar-refractivity contribution in [1.82, 2.24) is 29.1 Å². The Labute approximate surface area is 190 Å². The van der Waals surface area contributed by atoms with Gasteiger partial charge in [-0.25, -0.2) is 15.0 Å². The summed E-state index contributed by atoms with van der Waals surface area (Å²) in [6.07, 6.45) is 0.316. The molecule has 1 unspecified atom stereocenters. The smallest absolute Gasteiger partial charge is 0.417 e. The number of fused-ring (bicyclic) bond motifs is 1. The van der Waals surface area contributed by atoms with Crippen molar-refractivity contribution in [3.63, 3.8) is 0 Å². The lowest BCUT2D eigenvalue weighted by Gasteiger charge is -2.11. The van der Waals surface area contributed by atoms with E-state index in [0.717, 1.165) is 36.4 Å². The summed E-state index contributed by atoms with van der Waals surface area (Å²) in [6, 6.07) is 4.89. The molecule has 7 nitrogen and oxygen atoms in total. The lowest BCUT2D eigenvalue weighted by molar-refractivity contribution is -0.137. The minimum atomic E-state index is -4.52. The highest BCUT2D eigenvalue weighted by atomic mass is 32.2.